The fourth-order valence-electron chi connectivity index (χ4n) is 2.64. The second-order valence-corrected chi connectivity index (χ2v) is 7.43. The van der Waals surface area contributed by atoms with E-state index in [9.17, 15) is 0 Å². The van der Waals surface area contributed by atoms with E-state index in [1.165, 1.54) is 23.5 Å². The Bertz CT molecular complexity index is 405. The van der Waals surface area contributed by atoms with Crippen LogP contribution in [0.2, 0.25) is 5.02 Å². The molecule has 0 spiro atoms. The topological polar surface area (TPSA) is 12.0 Å². The highest BCUT2D eigenvalue weighted by molar-refractivity contribution is 7.99. The fourth-order valence-corrected chi connectivity index (χ4v) is 4.23. The summed E-state index contributed by atoms with van der Waals surface area (Å²) in [4.78, 5) is 0. The SMILES string of the molecule is CC(NC1CSCC(C)(C)C1)c1ccccc1Cl. The zero-order valence-electron chi connectivity index (χ0n) is 11.4. The molecule has 0 bridgehead atoms. The third-order valence-electron chi connectivity index (χ3n) is 3.47. The van der Waals surface area contributed by atoms with Gasteiger partial charge >= 0.3 is 0 Å². The Morgan fingerprint density at radius 1 is 1.39 bits per heavy atom. The molecule has 0 saturated carbocycles. The molecule has 1 aromatic carbocycles. The number of hydrogen-bond donors (Lipinski definition) is 1. The third kappa shape index (κ3) is 3.66. The van der Waals surface area contributed by atoms with Gasteiger partial charge in [-0.15, -0.1) is 0 Å². The molecule has 1 aromatic rings. The summed E-state index contributed by atoms with van der Waals surface area (Å²) in [5.41, 5.74) is 1.65. The Balaban J connectivity index is 1.99. The molecule has 1 nitrogen and oxygen atoms in total. The average Bonchev–Trinajstić information content (AvgIpc) is 2.28. The summed E-state index contributed by atoms with van der Waals surface area (Å²) < 4.78 is 0. The van der Waals surface area contributed by atoms with Crippen LogP contribution in [0, 0.1) is 5.41 Å². The monoisotopic (exact) mass is 283 g/mol. The summed E-state index contributed by atoms with van der Waals surface area (Å²) in [7, 11) is 0. The van der Waals surface area contributed by atoms with Gasteiger partial charge in [-0.3, -0.25) is 0 Å². The van der Waals surface area contributed by atoms with Gasteiger partial charge < -0.3 is 5.32 Å². The van der Waals surface area contributed by atoms with Gasteiger partial charge in [0.15, 0.2) is 0 Å². The molecule has 0 amide bonds. The van der Waals surface area contributed by atoms with Crippen LogP contribution < -0.4 is 5.32 Å². The van der Waals surface area contributed by atoms with Crippen molar-refractivity contribution in [1.82, 2.24) is 5.32 Å². The van der Waals surface area contributed by atoms with E-state index in [-0.39, 0.29) is 0 Å². The van der Waals surface area contributed by atoms with Crippen molar-refractivity contribution in [2.45, 2.75) is 39.3 Å². The third-order valence-corrected chi connectivity index (χ3v) is 5.44. The lowest BCUT2D eigenvalue weighted by Gasteiger charge is -2.36. The van der Waals surface area contributed by atoms with Crippen molar-refractivity contribution in [2.75, 3.05) is 11.5 Å². The minimum absolute atomic E-state index is 0.318. The van der Waals surface area contributed by atoms with Crippen LogP contribution in [0.4, 0.5) is 0 Å². The Kier molecular flexibility index (Phi) is 4.63. The van der Waals surface area contributed by atoms with E-state index in [0.717, 1.165) is 5.02 Å². The van der Waals surface area contributed by atoms with Crippen molar-refractivity contribution < 1.29 is 0 Å². The minimum Gasteiger partial charge on any atom is -0.307 e. The predicted molar refractivity (Wildman–Crippen MR) is 82.5 cm³/mol. The van der Waals surface area contributed by atoms with Crippen LogP contribution in [0.1, 0.15) is 38.8 Å². The Labute approximate surface area is 120 Å². The molecule has 1 aliphatic rings. The second-order valence-electron chi connectivity index (χ2n) is 5.99. The van der Waals surface area contributed by atoms with Crippen molar-refractivity contribution in [3.63, 3.8) is 0 Å². The van der Waals surface area contributed by atoms with E-state index >= 15 is 0 Å². The molecule has 2 atom stereocenters. The molecule has 1 saturated heterocycles. The summed E-state index contributed by atoms with van der Waals surface area (Å²) in [6, 6.07) is 9.02. The maximum atomic E-state index is 6.25. The van der Waals surface area contributed by atoms with E-state index in [0.29, 0.717) is 17.5 Å². The summed E-state index contributed by atoms with van der Waals surface area (Å²) >= 11 is 8.30. The highest BCUT2D eigenvalue weighted by Crippen LogP contribution is 2.34. The summed E-state index contributed by atoms with van der Waals surface area (Å²) in [5.74, 6) is 2.48. The Morgan fingerprint density at radius 3 is 2.78 bits per heavy atom. The van der Waals surface area contributed by atoms with Crippen LogP contribution in [-0.4, -0.2) is 17.5 Å². The second kappa shape index (κ2) is 5.85. The minimum atomic E-state index is 0.318. The molecule has 1 fully saturated rings. The number of benzene rings is 1. The highest BCUT2D eigenvalue weighted by atomic mass is 35.5. The lowest BCUT2D eigenvalue weighted by atomic mass is 9.87. The molecule has 2 unspecified atom stereocenters. The van der Waals surface area contributed by atoms with E-state index < -0.39 is 0 Å². The van der Waals surface area contributed by atoms with Crippen LogP contribution in [0.5, 0.6) is 0 Å². The Hall–Kier alpha value is -0.180. The van der Waals surface area contributed by atoms with Gasteiger partial charge in [0.2, 0.25) is 0 Å². The van der Waals surface area contributed by atoms with Gasteiger partial charge in [0.1, 0.15) is 0 Å². The van der Waals surface area contributed by atoms with Crippen molar-refractivity contribution in [2.24, 2.45) is 5.41 Å². The fraction of sp³-hybridized carbons (Fsp3) is 0.600. The number of rotatable bonds is 3. The molecule has 0 aromatic heterocycles. The molecule has 1 N–H and O–H groups in total. The van der Waals surface area contributed by atoms with Crippen molar-refractivity contribution in [1.29, 1.82) is 0 Å². The number of hydrogen-bond acceptors (Lipinski definition) is 2. The molecular weight excluding hydrogens is 262 g/mol. The number of nitrogens with one attached hydrogen (secondary N) is 1. The molecule has 3 heteroatoms. The van der Waals surface area contributed by atoms with Gasteiger partial charge in [-0.25, -0.2) is 0 Å². The smallest absolute Gasteiger partial charge is 0.0453 e. The molecule has 100 valence electrons. The molecule has 0 radical (unpaired) electrons. The molecule has 1 heterocycles. The largest absolute Gasteiger partial charge is 0.307 e. The number of thioether (sulfide) groups is 1. The van der Waals surface area contributed by atoms with E-state index in [2.05, 4.69) is 50.0 Å². The van der Waals surface area contributed by atoms with Gasteiger partial charge in [-0.05, 0) is 36.1 Å². The number of halogens is 1. The normalized spacial score (nSPS) is 24.8. The van der Waals surface area contributed by atoms with Gasteiger partial charge in [-0.1, -0.05) is 43.6 Å². The van der Waals surface area contributed by atoms with Crippen LogP contribution in [-0.2, 0) is 0 Å². The quantitative estimate of drug-likeness (QED) is 0.875. The van der Waals surface area contributed by atoms with Crippen molar-refractivity contribution in [3.8, 4) is 0 Å². The van der Waals surface area contributed by atoms with Gasteiger partial charge in [0.25, 0.3) is 0 Å². The lowest BCUT2D eigenvalue weighted by Crippen LogP contribution is -2.41. The van der Waals surface area contributed by atoms with Gasteiger partial charge in [0, 0.05) is 22.9 Å². The van der Waals surface area contributed by atoms with E-state index in [1.807, 2.05) is 12.1 Å². The standard InChI is InChI=1S/C15H22ClNS/c1-11(13-6-4-5-7-14(13)16)17-12-8-15(2,3)10-18-9-12/h4-7,11-12,17H,8-10H2,1-3H3. The van der Waals surface area contributed by atoms with Crippen LogP contribution in [0.25, 0.3) is 0 Å². The van der Waals surface area contributed by atoms with E-state index in [4.69, 9.17) is 11.6 Å². The van der Waals surface area contributed by atoms with Gasteiger partial charge in [0.05, 0.1) is 0 Å². The first-order valence-electron chi connectivity index (χ1n) is 6.56. The summed E-state index contributed by atoms with van der Waals surface area (Å²) in [5, 5.41) is 4.59. The zero-order valence-corrected chi connectivity index (χ0v) is 12.9. The average molecular weight is 284 g/mol. The Morgan fingerprint density at radius 2 is 2.11 bits per heavy atom. The molecule has 18 heavy (non-hydrogen) atoms. The molecular formula is C15H22ClNS. The van der Waals surface area contributed by atoms with Crippen LogP contribution >= 0.6 is 23.4 Å². The van der Waals surface area contributed by atoms with Gasteiger partial charge in [-0.2, -0.15) is 11.8 Å². The zero-order chi connectivity index (χ0) is 13.2. The molecule has 0 aliphatic carbocycles. The van der Waals surface area contributed by atoms with E-state index in [1.54, 1.807) is 0 Å². The van der Waals surface area contributed by atoms with Crippen LogP contribution in [0.15, 0.2) is 24.3 Å². The van der Waals surface area contributed by atoms with Crippen molar-refractivity contribution in [3.05, 3.63) is 34.9 Å². The first kappa shape index (κ1) is 14.2. The highest BCUT2D eigenvalue weighted by Gasteiger charge is 2.29. The van der Waals surface area contributed by atoms with Crippen molar-refractivity contribution >= 4 is 23.4 Å². The predicted octanol–water partition coefficient (Wildman–Crippen LogP) is 4.52. The maximum absolute atomic E-state index is 6.25. The maximum Gasteiger partial charge on any atom is 0.0453 e. The lowest BCUT2D eigenvalue weighted by molar-refractivity contribution is 0.305. The molecule has 2 rings (SSSR count). The molecule has 1 aliphatic heterocycles. The summed E-state index contributed by atoms with van der Waals surface area (Å²) in [6.07, 6.45) is 1.24. The summed E-state index contributed by atoms with van der Waals surface area (Å²) in [6.45, 7) is 6.91. The first-order valence-corrected chi connectivity index (χ1v) is 8.09. The van der Waals surface area contributed by atoms with Crippen LogP contribution in [0.3, 0.4) is 0 Å². The first-order chi connectivity index (χ1) is 8.48.